The van der Waals surface area contributed by atoms with Crippen molar-refractivity contribution in [1.82, 2.24) is 15.3 Å². The SMILES string of the molecule is CC1(C)CC(NCc2ncc3c(n2)CCOC3)C(C)(C)O1. The summed E-state index contributed by atoms with van der Waals surface area (Å²) in [6.07, 6.45) is 3.79. The molecule has 3 heterocycles. The van der Waals surface area contributed by atoms with Crippen molar-refractivity contribution < 1.29 is 9.47 Å². The number of fused-ring (bicyclic) bond motifs is 1. The number of nitrogens with zero attached hydrogens (tertiary/aromatic N) is 2. The van der Waals surface area contributed by atoms with Crippen molar-refractivity contribution in [2.75, 3.05) is 6.61 Å². The molecule has 1 fully saturated rings. The summed E-state index contributed by atoms with van der Waals surface area (Å²) in [7, 11) is 0. The molecule has 116 valence electrons. The highest BCUT2D eigenvalue weighted by Crippen LogP contribution is 2.37. The van der Waals surface area contributed by atoms with Crippen LogP contribution >= 0.6 is 0 Å². The van der Waals surface area contributed by atoms with E-state index in [9.17, 15) is 0 Å². The van der Waals surface area contributed by atoms with Gasteiger partial charge in [-0.3, -0.25) is 0 Å². The molecular formula is C16H25N3O2. The van der Waals surface area contributed by atoms with E-state index in [2.05, 4.69) is 43.0 Å². The Bertz CT molecular complexity index is 528. The minimum atomic E-state index is -0.161. The van der Waals surface area contributed by atoms with Crippen molar-refractivity contribution in [2.24, 2.45) is 0 Å². The van der Waals surface area contributed by atoms with Gasteiger partial charge >= 0.3 is 0 Å². The van der Waals surface area contributed by atoms with Gasteiger partial charge in [-0.15, -0.1) is 0 Å². The van der Waals surface area contributed by atoms with Gasteiger partial charge in [-0.05, 0) is 34.1 Å². The summed E-state index contributed by atoms with van der Waals surface area (Å²) >= 11 is 0. The van der Waals surface area contributed by atoms with Crippen molar-refractivity contribution >= 4 is 0 Å². The van der Waals surface area contributed by atoms with E-state index in [-0.39, 0.29) is 11.2 Å². The molecule has 5 nitrogen and oxygen atoms in total. The standard InChI is InChI=1S/C16H25N3O2/c1-15(2)7-13(16(3,4)21-15)17-9-14-18-8-11-10-20-6-5-12(11)19-14/h8,13,17H,5-7,9-10H2,1-4H3. The van der Waals surface area contributed by atoms with E-state index in [0.29, 0.717) is 19.2 Å². The molecule has 0 aromatic carbocycles. The Morgan fingerprint density at radius 3 is 2.86 bits per heavy atom. The van der Waals surface area contributed by atoms with Crippen LogP contribution in [0, 0.1) is 0 Å². The Balaban J connectivity index is 1.65. The zero-order valence-corrected chi connectivity index (χ0v) is 13.4. The predicted octanol–water partition coefficient (Wildman–Crippen LogP) is 1.98. The summed E-state index contributed by atoms with van der Waals surface area (Å²) in [6, 6.07) is 0.315. The van der Waals surface area contributed by atoms with Crippen molar-refractivity contribution in [2.45, 2.75) is 70.9 Å². The number of hydrogen-bond donors (Lipinski definition) is 1. The van der Waals surface area contributed by atoms with Crippen LogP contribution in [0.1, 0.15) is 51.2 Å². The molecule has 1 N–H and O–H groups in total. The van der Waals surface area contributed by atoms with Gasteiger partial charge in [0.05, 0.1) is 36.7 Å². The minimum absolute atomic E-state index is 0.0742. The second-order valence-corrected chi connectivity index (χ2v) is 7.16. The molecule has 2 aliphatic rings. The molecule has 21 heavy (non-hydrogen) atoms. The van der Waals surface area contributed by atoms with E-state index >= 15 is 0 Å². The van der Waals surface area contributed by atoms with Crippen LogP contribution in [0.5, 0.6) is 0 Å². The maximum atomic E-state index is 6.11. The number of hydrogen-bond acceptors (Lipinski definition) is 5. The average Bonchev–Trinajstić information content (AvgIpc) is 2.63. The van der Waals surface area contributed by atoms with Crippen LogP contribution in [0.3, 0.4) is 0 Å². The zero-order chi connectivity index (χ0) is 15.1. The largest absolute Gasteiger partial charge is 0.376 e. The lowest BCUT2D eigenvalue weighted by Gasteiger charge is -2.27. The van der Waals surface area contributed by atoms with Gasteiger partial charge in [0.2, 0.25) is 0 Å². The smallest absolute Gasteiger partial charge is 0.142 e. The lowest BCUT2D eigenvalue weighted by molar-refractivity contribution is -0.0699. The third-order valence-electron chi connectivity index (χ3n) is 4.33. The van der Waals surface area contributed by atoms with Gasteiger partial charge in [-0.1, -0.05) is 0 Å². The molecule has 5 heteroatoms. The van der Waals surface area contributed by atoms with Gasteiger partial charge in [0.25, 0.3) is 0 Å². The van der Waals surface area contributed by atoms with E-state index in [1.165, 1.54) is 0 Å². The predicted molar refractivity (Wildman–Crippen MR) is 79.9 cm³/mol. The van der Waals surface area contributed by atoms with Gasteiger partial charge in [0.1, 0.15) is 5.82 Å². The van der Waals surface area contributed by atoms with E-state index in [0.717, 1.165) is 36.5 Å². The molecule has 3 rings (SSSR count). The maximum absolute atomic E-state index is 6.11. The fourth-order valence-electron chi connectivity index (χ4n) is 3.35. The van der Waals surface area contributed by atoms with Crippen molar-refractivity contribution in [3.63, 3.8) is 0 Å². The van der Waals surface area contributed by atoms with Gasteiger partial charge in [0.15, 0.2) is 0 Å². The first kappa shape index (κ1) is 14.9. The highest BCUT2D eigenvalue weighted by molar-refractivity contribution is 5.18. The fraction of sp³-hybridized carbons (Fsp3) is 0.750. The third kappa shape index (κ3) is 3.25. The van der Waals surface area contributed by atoms with Crippen molar-refractivity contribution in [1.29, 1.82) is 0 Å². The highest BCUT2D eigenvalue weighted by atomic mass is 16.5. The van der Waals surface area contributed by atoms with E-state index in [1.54, 1.807) is 0 Å². The molecule has 0 radical (unpaired) electrons. The molecule has 0 spiro atoms. The average molecular weight is 291 g/mol. The third-order valence-corrected chi connectivity index (χ3v) is 4.33. The molecule has 1 saturated heterocycles. The van der Waals surface area contributed by atoms with Crippen LogP contribution < -0.4 is 5.32 Å². The Morgan fingerprint density at radius 1 is 1.33 bits per heavy atom. The molecule has 2 aliphatic heterocycles. The van der Waals surface area contributed by atoms with Crippen LogP contribution in [-0.4, -0.2) is 33.8 Å². The summed E-state index contributed by atoms with van der Waals surface area (Å²) in [5, 5.41) is 3.57. The van der Waals surface area contributed by atoms with Gasteiger partial charge < -0.3 is 14.8 Å². The summed E-state index contributed by atoms with van der Waals surface area (Å²) in [6.45, 7) is 10.7. The van der Waals surface area contributed by atoms with Crippen molar-refractivity contribution in [3.05, 3.63) is 23.3 Å². The zero-order valence-electron chi connectivity index (χ0n) is 13.4. The van der Waals surface area contributed by atoms with E-state index in [1.807, 2.05) is 6.20 Å². The molecule has 1 atom stereocenters. The second-order valence-electron chi connectivity index (χ2n) is 7.16. The van der Waals surface area contributed by atoms with Crippen LogP contribution in [-0.2, 0) is 29.0 Å². The first-order valence-electron chi connectivity index (χ1n) is 7.71. The molecule has 1 unspecified atom stereocenters. The Labute approximate surface area is 126 Å². The Kier molecular flexibility index (Phi) is 3.76. The lowest BCUT2D eigenvalue weighted by Crippen LogP contribution is -2.43. The van der Waals surface area contributed by atoms with Crippen LogP contribution in [0.25, 0.3) is 0 Å². The van der Waals surface area contributed by atoms with Crippen molar-refractivity contribution in [3.8, 4) is 0 Å². The van der Waals surface area contributed by atoms with Crippen LogP contribution in [0.4, 0.5) is 0 Å². The van der Waals surface area contributed by atoms with E-state index in [4.69, 9.17) is 9.47 Å². The molecule has 1 aromatic rings. The summed E-state index contributed by atoms with van der Waals surface area (Å²) in [5.41, 5.74) is 2.02. The lowest BCUT2D eigenvalue weighted by atomic mass is 9.94. The Morgan fingerprint density at radius 2 is 2.14 bits per heavy atom. The second kappa shape index (κ2) is 5.30. The quantitative estimate of drug-likeness (QED) is 0.923. The Hall–Kier alpha value is -1.04. The summed E-state index contributed by atoms with van der Waals surface area (Å²) < 4.78 is 11.5. The number of ether oxygens (including phenoxy) is 2. The topological polar surface area (TPSA) is 56.3 Å². The van der Waals surface area contributed by atoms with E-state index < -0.39 is 0 Å². The number of aromatic nitrogens is 2. The number of nitrogens with one attached hydrogen (secondary N) is 1. The van der Waals surface area contributed by atoms with Gasteiger partial charge in [-0.2, -0.15) is 0 Å². The molecule has 0 saturated carbocycles. The first-order valence-corrected chi connectivity index (χ1v) is 7.71. The molecule has 1 aromatic heterocycles. The summed E-state index contributed by atoms with van der Waals surface area (Å²) in [5.74, 6) is 0.858. The van der Waals surface area contributed by atoms with Crippen LogP contribution in [0.15, 0.2) is 6.20 Å². The minimum Gasteiger partial charge on any atom is -0.376 e. The normalized spacial score (nSPS) is 26.6. The molecule has 0 amide bonds. The molecule has 0 aliphatic carbocycles. The summed E-state index contributed by atoms with van der Waals surface area (Å²) in [4.78, 5) is 9.11. The molecule has 0 bridgehead atoms. The fourth-order valence-corrected chi connectivity index (χ4v) is 3.35. The van der Waals surface area contributed by atoms with Gasteiger partial charge in [-0.25, -0.2) is 9.97 Å². The van der Waals surface area contributed by atoms with Crippen LogP contribution in [0.2, 0.25) is 0 Å². The highest BCUT2D eigenvalue weighted by Gasteiger charge is 2.45. The van der Waals surface area contributed by atoms with Gasteiger partial charge in [0, 0.05) is 24.2 Å². The molecular weight excluding hydrogens is 266 g/mol. The first-order chi connectivity index (χ1) is 9.86. The maximum Gasteiger partial charge on any atom is 0.142 e. The number of rotatable bonds is 3. The monoisotopic (exact) mass is 291 g/mol.